The van der Waals surface area contributed by atoms with Crippen LogP contribution in [0.3, 0.4) is 0 Å². The van der Waals surface area contributed by atoms with Crippen LogP contribution in [0.4, 0.5) is 0 Å². The third kappa shape index (κ3) is 1.28. The van der Waals surface area contributed by atoms with Gasteiger partial charge in [-0.2, -0.15) is 0 Å². The second kappa shape index (κ2) is 3.62. The lowest BCUT2D eigenvalue weighted by Crippen LogP contribution is -2.39. The first-order chi connectivity index (χ1) is 8.75. The fourth-order valence-electron chi connectivity index (χ4n) is 3.41. The van der Waals surface area contributed by atoms with E-state index >= 15 is 0 Å². The lowest BCUT2D eigenvalue weighted by Gasteiger charge is -2.37. The number of nitrogens with zero attached hydrogens (tertiary/aromatic N) is 1. The van der Waals surface area contributed by atoms with Crippen molar-refractivity contribution >= 4 is 28.1 Å². The summed E-state index contributed by atoms with van der Waals surface area (Å²) in [5.74, 6) is 0. The van der Waals surface area contributed by atoms with Gasteiger partial charge in [-0.15, -0.1) is 0 Å². The largest absolute Gasteiger partial charge is 0.361 e. The molecule has 2 aromatic rings. The average Bonchev–Trinajstić information content (AvgIpc) is 2.78. The maximum Gasteiger partial charge on any atom is 0.0489 e. The number of benzene rings is 1. The topological polar surface area (TPSA) is 19.0 Å². The number of hydrogen-bond acceptors (Lipinski definition) is 1. The number of halogens is 1. The molecule has 0 saturated carbocycles. The van der Waals surface area contributed by atoms with E-state index in [-0.39, 0.29) is 0 Å². The summed E-state index contributed by atoms with van der Waals surface area (Å²) in [6, 6.07) is 4.58. The quantitative estimate of drug-likeness (QED) is 0.767. The monoisotopic (exact) mass is 258 g/mol. The molecule has 0 spiro atoms. The van der Waals surface area contributed by atoms with Crippen LogP contribution in [0.15, 0.2) is 24.4 Å². The Morgan fingerprint density at radius 2 is 2.28 bits per heavy atom. The highest BCUT2D eigenvalue weighted by atomic mass is 35.5. The molecule has 0 saturated heterocycles. The van der Waals surface area contributed by atoms with E-state index in [1.165, 1.54) is 27.6 Å². The molecule has 1 atom stereocenters. The fraction of sp³-hybridized carbons (Fsp3) is 0.333. The smallest absolute Gasteiger partial charge is 0.0489 e. The first kappa shape index (κ1) is 10.7. The standard InChI is InChI=1S/C15H15ClN2/c1-18-6-2-3-10-13(18)7-9-8-17-12-5-4-11(16)15(10)14(9)12/h3-5,8,13,17H,2,6-7H2,1H3. The van der Waals surface area contributed by atoms with Crippen molar-refractivity contribution in [3.05, 3.63) is 40.6 Å². The predicted octanol–water partition coefficient (Wildman–Crippen LogP) is 3.46. The summed E-state index contributed by atoms with van der Waals surface area (Å²) in [5, 5.41) is 2.22. The number of rotatable bonds is 0. The molecule has 2 heterocycles. The molecule has 1 aromatic carbocycles. The molecule has 92 valence electrons. The third-order valence-corrected chi connectivity index (χ3v) is 4.63. The Labute approximate surface area is 111 Å². The summed E-state index contributed by atoms with van der Waals surface area (Å²) in [5.41, 5.74) is 5.29. The van der Waals surface area contributed by atoms with Crippen molar-refractivity contribution in [1.82, 2.24) is 9.88 Å². The second-order valence-corrected chi connectivity index (χ2v) is 5.71. The Hall–Kier alpha value is -1.25. The first-order valence-electron chi connectivity index (χ1n) is 6.45. The molecule has 0 amide bonds. The maximum atomic E-state index is 6.46. The summed E-state index contributed by atoms with van der Waals surface area (Å²) < 4.78 is 0. The van der Waals surface area contributed by atoms with Crippen LogP contribution in [0.25, 0.3) is 16.5 Å². The molecule has 1 N–H and O–H groups in total. The van der Waals surface area contributed by atoms with Gasteiger partial charge in [0.2, 0.25) is 0 Å². The van der Waals surface area contributed by atoms with Gasteiger partial charge in [-0.25, -0.2) is 0 Å². The molecule has 1 aliphatic carbocycles. The zero-order valence-electron chi connectivity index (χ0n) is 10.3. The van der Waals surface area contributed by atoms with Gasteiger partial charge in [0.15, 0.2) is 0 Å². The number of aromatic nitrogens is 1. The van der Waals surface area contributed by atoms with Gasteiger partial charge in [0, 0.05) is 40.3 Å². The van der Waals surface area contributed by atoms with Crippen LogP contribution in [0.2, 0.25) is 5.02 Å². The van der Waals surface area contributed by atoms with Crippen molar-refractivity contribution in [2.75, 3.05) is 13.6 Å². The lowest BCUT2D eigenvalue weighted by atomic mass is 9.82. The van der Waals surface area contributed by atoms with Crippen LogP contribution in [-0.2, 0) is 6.42 Å². The highest BCUT2D eigenvalue weighted by molar-refractivity contribution is 6.34. The zero-order valence-corrected chi connectivity index (χ0v) is 11.1. The molecule has 2 aliphatic rings. The van der Waals surface area contributed by atoms with E-state index in [9.17, 15) is 0 Å². The molecule has 0 bridgehead atoms. The van der Waals surface area contributed by atoms with Gasteiger partial charge in [0.1, 0.15) is 0 Å². The zero-order chi connectivity index (χ0) is 12.3. The minimum Gasteiger partial charge on any atom is -0.361 e. The number of aromatic amines is 1. The van der Waals surface area contributed by atoms with E-state index in [0.29, 0.717) is 6.04 Å². The first-order valence-corrected chi connectivity index (χ1v) is 6.82. The van der Waals surface area contributed by atoms with Crippen LogP contribution in [-0.4, -0.2) is 29.5 Å². The molecule has 1 aromatic heterocycles. The normalized spacial score (nSPS) is 23.0. The molecule has 1 aliphatic heterocycles. The van der Waals surface area contributed by atoms with Crippen molar-refractivity contribution in [2.24, 2.45) is 0 Å². The summed E-state index contributed by atoms with van der Waals surface area (Å²) in [7, 11) is 2.21. The van der Waals surface area contributed by atoms with E-state index < -0.39 is 0 Å². The van der Waals surface area contributed by atoms with E-state index in [4.69, 9.17) is 11.6 Å². The van der Waals surface area contributed by atoms with Crippen molar-refractivity contribution in [3.63, 3.8) is 0 Å². The highest BCUT2D eigenvalue weighted by Crippen LogP contribution is 2.43. The van der Waals surface area contributed by atoms with Gasteiger partial charge in [0.25, 0.3) is 0 Å². The lowest BCUT2D eigenvalue weighted by molar-refractivity contribution is 0.282. The van der Waals surface area contributed by atoms with Crippen molar-refractivity contribution in [3.8, 4) is 0 Å². The second-order valence-electron chi connectivity index (χ2n) is 5.31. The van der Waals surface area contributed by atoms with Crippen molar-refractivity contribution in [1.29, 1.82) is 0 Å². The Morgan fingerprint density at radius 3 is 3.17 bits per heavy atom. The van der Waals surface area contributed by atoms with Gasteiger partial charge < -0.3 is 4.98 Å². The van der Waals surface area contributed by atoms with Crippen LogP contribution in [0.1, 0.15) is 17.5 Å². The van der Waals surface area contributed by atoms with Gasteiger partial charge in [-0.3, -0.25) is 4.90 Å². The molecular weight excluding hydrogens is 244 g/mol. The Balaban J connectivity index is 2.08. The maximum absolute atomic E-state index is 6.46. The third-order valence-electron chi connectivity index (χ3n) is 4.32. The predicted molar refractivity (Wildman–Crippen MR) is 76.0 cm³/mol. The van der Waals surface area contributed by atoms with Crippen molar-refractivity contribution in [2.45, 2.75) is 18.9 Å². The van der Waals surface area contributed by atoms with E-state index in [1.54, 1.807) is 0 Å². The van der Waals surface area contributed by atoms with E-state index in [1.807, 2.05) is 6.07 Å². The molecule has 18 heavy (non-hydrogen) atoms. The summed E-state index contributed by atoms with van der Waals surface area (Å²) >= 11 is 6.46. The molecule has 3 heteroatoms. The minimum absolute atomic E-state index is 0.491. The van der Waals surface area contributed by atoms with Crippen LogP contribution in [0.5, 0.6) is 0 Å². The Kier molecular flexibility index (Phi) is 2.14. The molecule has 0 radical (unpaired) electrons. The summed E-state index contributed by atoms with van der Waals surface area (Å²) in [4.78, 5) is 5.81. The summed E-state index contributed by atoms with van der Waals surface area (Å²) in [6.07, 6.45) is 6.73. The Morgan fingerprint density at radius 1 is 1.39 bits per heavy atom. The van der Waals surface area contributed by atoms with Gasteiger partial charge >= 0.3 is 0 Å². The average molecular weight is 259 g/mol. The van der Waals surface area contributed by atoms with Gasteiger partial charge in [0.05, 0.1) is 0 Å². The molecule has 4 rings (SSSR count). The number of nitrogens with one attached hydrogen (secondary N) is 1. The number of likely N-dealkylation sites (N-methyl/N-ethyl adjacent to an activating group) is 1. The number of hydrogen-bond donors (Lipinski definition) is 1. The Bertz CT molecular complexity index is 668. The van der Waals surface area contributed by atoms with Gasteiger partial charge in [-0.05, 0) is 43.2 Å². The molecular formula is C15H15ClN2. The van der Waals surface area contributed by atoms with Crippen LogP contribution >= 0.6 is 11.6 Å². The van der Waals surface area contributed by atoms with Gasteiger partial charge in [-0.1, -0.05) is 17.7 Å². The number of fused-ring (bicyclic) bond motifs is 2. The van der Waals surface area contributed by atoms with E-state index in [0.717, 1.165) is 24.4 Å². The van der Waals surface area contributed by atoms with Crippen LogP contribution < -0.4 is 0 Å². The van der Waals surface area contributed by atoms with E-state index in [2.05, 4.69) is 35.3 Å². The van der Waals surface area contributed by atoms with Crippen molar-refractivity contribution < 1.29 is 0 Å². The highest BCUT2D eigenvalue weighted by Gasteiger charge is 2.32. The molecule has 2 nitrogen and oxygen atoms in total. The SMILES string of the molecule is CN1CCC=C2c3c(Cl)ccc4[nH]cc(c34)CC21. The molecule has 1 unspecified atom stereocenters. The number of H-pyrrole nitrogens is 1. The minimum atomic E-state index is 0.491. The summed E-state index contributed by atoms with van der Waals surface area (Å²) in [6.45, 7) is 1.14. The molecule has 0 fully saturated rings. The fourth-order valence-corrected chi connectivity index (χ4v) is 3.67. The van der Waals surface area contributed by atoms with Crippen LogP contribution in [0, 0.1) is 0 Å².